The van der Waals surface area contributed by atoms with E-state index in [1.165, 1.54) is 0 Å². The normalized spacial score (nSPS) is 16.8. The van der Waals surface area contributed by atoms with E-state index in [4.69, 9.17) is 44.8 Å². The minimum absolute atomic E-state index is 0.172. The number of aromatic nitrogens is 2. The van der Waals surface area contributed by atoms with Crippen LogP contribution in [0.25, 0.3) is 17.1 Å². The van der Waals surface area contributed by atoms with Crippen LogP contribution in [0.3, 0.4) is 0 Å². The lowest BCUT2D eigenvalue weighted by Gasteiger charge is -2.24. The molecule has 1 aliphatic rings. The van der Waals surface area contributed by atoms with E-state index in [-0.39, 0.29) is 5.41 Å². The van der Waals surface area contributed by atoms with Crippen molar-refractivity contribution in [2.45, 2.75) is 32.9 Å². The molecule has 156 valence electrons. The maximum absolute atomic E-state index is 6.56. The highest BCUT2D eigenvalue weighted by Crippen LogP contribution is 2.39. The van der Waals surface area contributed by atoms with Crippen LogP contribution >= 0.6 is 46.6 Å². The molecule has 2 aromatic carbocycles. The van der Waals surface area contributed by atoms with Gasteiger partial charge in [-0.3, -0.25) is 9.56 Å². The number of imidazole rings is 1. The molecule has 0 spiro atoms. The average molecular weight is 479 g/mol. The zero-order valence-electron chi connectivity index (χ0n) is 17.2. The van der Waals surface area contributed by atoms with Gasteiger partial charge in [-0.15, -0.1) is 0 Å². The molecule has 0 bridgehead atoms. The van der Waals surface area contributed by atoms with Crippen LogP contribution < -0.4 is 0 Å². The number of hydrogen-bond acceptors (Lipinski definition) is 3. The SMILES string of the molecule is Cc1c(C2=NCC(C(C)(C)C)S2)nc(-c2ccc(Cl)cc2Cl)n1-c1ccc(Cl)cc1. The van der Waals surface area contributed by atoms with Crippen LogP contribution in [-0.2, 0) is 0 Å². The zero-order valence-corrected chi connectivity index (χ0v) is 20.3. The van der Waals surface area contributed by atoms with Crippen molar-refractivity contribution in [3.05, 3.63) is 68.9 Å². The van der Waals surface area contributed by atoms with Crippen LogP contribution in [0, 0.1) is 12.3 Å². The molecule has 1 unspecified atom stereocenters. The summed E-state index contributed by atoms with van der Waals surface area (Å²) in [5.41, 5.74) is 3.86. The molecule has 1 aliphatic heterocycles. The molecule has 1 atom stereocenters. The van der Waals surface area contributed by atoms with E-state index < -0.39 is 0 Å². The molecule has 0 fully saturated rings. The van der Waals surface area contributed by atoms with Gasteiger partial charge in [-0.2, -0.15) is 0 Å². The van der Waals surface area contributed by atoms with E-state index in [9.17, 15) is 0 Å². The molecule has 3 aromatic rings. The second-order valence-electron chi connectivity index (χ2n) is 8.42. The Kier molecular flexibility index (Phi) is 5.97. The van der Waals surface area contributed by atoms with Gasteiger partial charge in [0.15, 0.2) is 0 Å². The quantitative estimate of drug-likeness (QED) is 0.386. The van der Waals surface area contributed by atoms with Crippen LogP contribution in [0.1, 0.15) is 32.2 Å². The van der Waals surface area contributed by atoms with Crippen molar-refractivity contribution >= 4 is 51.6 Å². The second-order valence-corrected chi connectivity index (χ2v) is 10.9. The second kappa shape index (κ2) is 8.23. The highest BCUT2D eigenvalue weighted by molar-refractivity contribution is 8.15. The minimum atomic E-state index is 0.172. The van der Waals surface area contributed by atoms with E-state index in [2.05, 4.69) is 32.3 Å². The average Bonchev–Trinajstić information content (AvgIpc) is 3.28. The van der Waals surface area contributed by atoms with E-state index >= 15 is 0 Å². The van der Waals surface area contributed by atoms with E-state index in [0.29, 0.717) is 20.3 Å². The fourth-order valence-electron chi connectivity index (χ4n) is 3.42. The van der Waals surface area contributed by atoms with Crippen molar-refractivity contribution in [2.24, 2.45) is 10.4 Å². The van der Waals surface area contributed by atoms with E-state index in [1.54, 1.807) is 17.8 Å². The highest BCUT2D eigenvalue weighted by atomic mass is 35.5. The predicted molar refractivity (Wildman–Crippen MR) is 131 cm³/mol. The minimum Gasteiger partial charge on any atom is -0.296 e. The Morgan fingerprint density at radius 1 is 1.00 bits per heavy atom. The summed E-state index contributed by atoms with van der Waals surface area (Å²) in [5, 5.41) is 3.24. The lowest BCUT2D eigenvalue weighted by atomic mass is 9.92. The van der Waals surface area contributed by atoms with Gasteiger partial charge in [-0.1, -0.05) is 67.3 Å². The van der Waals surface area contributed by atoms with Crippen molar-refractivity contribution in [3.8, 4) is 17.1 Å². The van der Waals surface area contributed by atoms with Crippen molar-refractivity contribution in [2.75, 3.05) is 6.54 Å². The monoisotopic (exact) mass is 477 g/mol. The van der Waals surface area contributed by atoms with Crippen LogP contribution in [0.2, 0.25) is 15.1 Å². The molecule has 0 radical (unpaired) electrons. The lowest BCUT2D eigenvalue weighted by molar-refractivity contribution is 0.402. The van der Waals surface area contributed by atoms with Crippen molar-refractivity contribution in [1.82, 2.24) is 9.55 Å². The third kappa shape index (κ3) is 4.16. The number of hydrogen-bond donors (Lipinski definition) is 0. The van der Waals surface area contributed by atoms with Crippen LogP contribution in [0.15, 0.2) is 47.5 Å². The molecule has 0 amide bonds. The molecule has 30 heavy (non-hydrogen) atoms. The Bertz CT molecular complexity index is 1130. The summed E-state index contributed by atoms with van der Waals surface area (Å²) in [6, 6.07) is 13.2. The Labute approximate surface area is 196 Å². The standard InChI is InChI=1S/C23H22Cl3N3S/c1-13-20(22-27-12-19(30-22)23(2,3)4)28-21(17-10-7-15(25)11-18(17)26)29(13)16-8-5-14(24)6-9-16/h5-11,19H,12H2,1-4H3. The smallest absolute Gasteiger partial charge is 0.147 e. The molecule has 0 saturated heterocycles. The van der Waals surface area contributed by atoms with Crippen molar-refractivity contribution in [3.63, 3.8) is 0 Å². The lowest BCUT2D eigenvalue weighted by Crippen LogP contribution is -2.23. The topological polar surface area (TPSA) is 30.2 Å². The fraction of sp³-hybridized carbons (Fsp3) is 0.304. The third-order valence-electron chi connectivity index (χ3n) is 5.19. The number of aliphatic imine (C=N–C) groups is 1. The Morgan fingerprint density at radius 3 is 2.27 bits per heavy atom. The first kappa shape index (κ1) is 21.8. The van der Waals surface area contributed by atoms with Gasteiger partial charge < -0.3 is 0 Å². The first-order valence-electron chi connectivity index (χ1n) is 9.67. The number of thioether (sulfide) groups is 1. The molecule has 0 saturated carbocycles. The Balaban J connectivity index is 1.87. The maximum atomic E-state index is 6.56. The summed E-state index contributed by atoms with van der Waals surface area (Å²) in [4.78, 5) is 9.85. The largest absolute Gasteiger partial charge is 0.296 e. The summed E-state index contributed by atoms with van der Waals surface area (Å²) in [5.74, 6) is 0.758. The van der Waals surface area contributed by atoms with Crippen LogP contribution in [0.4, 0.5) is 0 Å². The number of benzene rings is 2. The van der Waals surface area contributed by atoms with Gasteiger partial charge >= 0.3 is 0 Å². The predicted octanol–water partition coefficient (Wildman–Crippen LogP) is 7.72. The molecule has 7 heteroatoms. The molecule has 1 aromatic heterocycles. The van der Waals surface area contributed by atoms with Gasteiger partial charge in [0.1, 0.15) is 16.6 Å². The first-order valence-corrected chi connectivity index (χ1v) is 11.7. The first-order chi connectivity index (χ1) is 14.1. The van der Waals surface area contributed by atoms with Crippen molar-refractivity contribution < 1.29 is 0 Å². The fourth-order valence-corrected chi connectivity index (χ4v) is 5.26. The number of nitrogens with zero attached hydrogens (tertiary/aromatic N) is 3. The highest BCUT2D eigenvalue weighted by Gasteiger charge is 2.33. The van der Waals surface area contributed by atoms with E-state index in [0.717, 1.165) is 40.1 Å². The molecule has 0 aliphatic carbocycles. The summed E-state index contributed by atoms with van der Waals surface area (Å²) < 4.78 is 2.11. The van der Waals surface area contributed by atoms with Crippen molar-refractivity contribution in [1.29, 1.82) is 0 Å². The zero-order chi connectivity index (χ0) is 21.6. The van der Waals surface area contributed by atoms with Gasteiger partial charge in [0, 0.05) is 26.5 Å². The summed E-state index contributed by atoms with van der Waals surface area (Å²) >= 11 is 20.6. The van der Waals surface area contributed by atoms with Gasteiger partial charge in [0.2, 0.25) is 0 Å². The summed E-state index contributed by atoms with van der Waals surface area (Å²) in [7, 11) is 0. The molecule has 2 heterocycles. The van der Waals surface area contributed by atoms with Gasteiger partial charge in [0.25, 0.3) is 0 Å². The van der Waals surface area contributed by atoms with Crippen LogP contribution in [0.5, 0.6) is 0 Å². The molecule has 4 rings (SSSR count). The van der Waals surface area contributed by atoms with E-state index in [1.807, 2.05) is 36.4 Å². The molecule has 3 nitrogen and oxygen atoms in total. The maximum Gasteiger partial charge on any atom is 0.147 e. The van der Waals surface area contributed by atoms with Crippen LogP contribution in [-0.4, -0.2) is 26.4 Å². The molecular formula is C23H22Cl3N3S. The van der Waals surface area contributed by atoms with Gasteiger partial charge in [-0.25, -0.2) is 4.98 Å². The molecular weight excluding hydrogens is 457 g/mol. The Hall–Kier alpha value is -1.46. The number of rotatable bonds is 3. The van der Waals surface area contributed by atoms with Gasteiger partial charge in [0.05, 0.1) is 17.3 Å². The van der Waals surface area contributed by atoms with Gasteiger partial charge in [-0.05, 0) is 54.8 Å². The summed E-state index contributed by atoms with van der Waals surface area (Å²) in [6.45, 7) is 9.62. The summed E-state index contributed by atoms with van der Waals surface area (Å²) in [6.07, 6.45) is 0. The number of halogens is 3. The Morgan fingerprint density at radius 2 is 1.67 bits per heavy atom. The third-order valence-corrected chi connectivity index (χ3v) is 7.67. The molecule has 0 N–H and O–H groups in total.